The summed E-state index contributed by atoms with van der Waals surface area (Å²) in [6.45, 7) is 0. The van der Waals surface area contributed by atoms with Crippen molar-refractivity contribution in [3.63, 3.8) is 0 Å². The molecule has 0 atom stereocenters. The summed E-state index contributed by atoms with van der Waals surface area (Å²) < 4.78 is 0. The highest BCUT2D eigenvalue weighted by atomic mass is 35.5. The van der Waals surface area contributed by atoms with Crippen LogP contribution in [0.2, 0.25) is 15.1 Å². The number of H-pyrrole nitrogens is 1. The number of anilines is 2. The highest BCUT2D eigenvalue weighted by molar-refractivity contribution is 6.40. The lowest BCUT2D eigenvalue weighted by molar-refractivity contribution is 0.101. The topological polar surface area (TPSA) is 86.9 Å². The number of imidazole rings is 1. The number of hydrogen-bond acceptors (Lipinski definition) is 3. The van der Waals surface area contributed by atoms with Gasteiger partial charge >= 0.3 is 0 Å². The van der Waals surface area contributed by atoms with Crippen molar-refractivity contribution in [2.24, 2.45) is 0 Å². The summed E-state index contributed by atoms with van der Waals surface area (Å²) in [5.74, 6) is -0.0459. The number of rotatable bonds is 5. The average Bonchev–Trinajstić information content (AvgIpc) is 3.28. The fourth-order valence-electron chi connectivity index (χ4n) is 3.69. The minimum absolute atomic E-state index is 0.222. The zero-order valence-corrected chi connectivity index (χ0v) is 20.7. The van der Waals surface area contributed by atoms with E-state index < -0.39 is 5.91 Å². The van der Waals surface area contributed by atoms with Crippen LogP contribution in [0, 0.1) is 0 Å². The van der Waals surface area contributed by atoms with Crippen LogP contribution in [0.15, 0.2) is 84.9 Å². The van der Waals surface area contributed by atoms with Crippen LogP contribution in [0.25, 0.3) is 22.4 Å². The van der Waals surface area contributed by atoms with E-state index in [2.05, 4.69) is 20.6 Å². The number of carbonyl (C=O) groups excluding carboxylic acids is 2. The van der Waals surface area contributed by atoms with E-state index in [0.29, 0.717) is 27.8 Å². The molecule has 0 aliphatic rings. The first-order valence-electron chi connectivity index (χ1n) is 10.8. The summed E-state index contributed by atoms with van der Waals surface area (Å²) in [6, 6.07) is 24.4. The van der Waals surface area contributed by atoms with Gasteiger partial charge in [0, 0.05) is 16.9 Å². The molecule has 9 heteroatoms. The highest BCUT2D eigenvalue weighted by Gasteiger charge is 2.15. The van der Waals surface area contributed by atoms with Crippen LogP contribution in [0.1, 0.15) is 20.7 Å². The van der Waals surface area contributed by atoms with Gasteiger partial charge in [0.1, 0.15) is 5.82 Å². The number of benzene rings is 4. The average molecular weight is 536 g/mol. The van der Waals surface area contributed by atoms with Crippen LogP contribution in [0.5, 0.6) is 0 Å². The van der Waals surface area contributed by atoms with Gasteiger partial charge in [-0.1, -0.05) is 53.0 Å². The second-order valence-electron chi connectivity index (χ2n) is 7.88. The number of nitrogens with one attached hydrogen (secondary N) is 3. The Bertz CT molecular complexity index is 1590. The van der Waals surface area contributed by atoms with Crippen LogP contribution in [0.3, 0.4) is 0 Å². The van der Waals surface area contributed by atoms with Crippen molar-refractivity contribution >= 4 is 69.0 Å². The Morgan fingerprint density at radius 2 is 1.33 bits per heavy atom. The molecule has 6 nitrogen and oxygen atoms in total. The summed E-state index contributed by atoms with van der Waals surface area (Å²) in [7, 11) is 0. The Labute approximate surface area is 221 Å². The molecule has 1 aromatic heterocycles. The van der Waals surface area contributed by atoms with Crippen molar-refractivity contribution in [2.75, 3.05) is 10.6 Å². The smallest absolute Gasteiger partial charge is 0.258 e. The van der Waals surface area contributed by atoms with E-state index in [9.17, 15) is 9.59 Å². The van der Waals surface area contributed by atoms with Gasteiger partial charge in [-0.15, -0.1) is 0 Å². The van der Waals surface area contributed by atoms with Crippen molar-refractivity contribution in [1.82, 2.24) is 9.97 Å². The first-order chi connectivity index (χ1) is 17.4. The van der Waals surface area contributed by atoms with Gasteiger partial charge in [0.05, 0.1) is 37.2 Å². The molecule has 0 aliphatic heterocycles. The van der Waals surface area contributed by atoms with E-state index in [1.165, 1.54) is 0 Å². The van der Waals surface area contributed by atoms with Crippen molar-refractivity contribution in [2.45, 2.75) is 0 Å². The largest absolute Gasteiger partial charge is 0.338 e. The zero-order chi connectivity index (χ0) is 25.2. The molecular weight excluding hydrogens is 519 g/mol. The minimum Gasteiger partial charge on any atom is -0.338 e. The maximum absolute atomic E-state index is 12.6. The third-order valence-electron chi connectivity index (χ3n) is 5.46. The highest BCUT2D eigenvalue weighted by Crippen LogP contribution is 2.27. The van der Waals surface area contributed by atoms with Gasteiger partial charge in [0.25, 0.3) is 11.8 Å². The monoisotopic (exact) mass is 534 g/mol. The number of amides is 2. The van der Waals surface area contributed by atoms with Crippen molar-refractivity contribution in [1.29, 1.82) is 0 Å². The number of carbonyl (C=O) groups is 2. The van der Waals surface area contributed by atoms with Crippen LogP contribution in [-0.2, 0) is 0 Å². The number of aromatic nitrogens is 2. The van der Waals surface area contributed by atoms with Gasteiger partial charge in [0.15, 0.2) is 0 Å². The number of aromatic amines is 1. The Kier molecular flexibility index (Phi) is 6.65. The molecule has 3 N–H and O–H groups in total. The van der Waals surface area contributed by atoms with E-state index in [-0.39, 0.29) is 21.5 Å². The molecule has 0 unspecified atom stereocenters. The fraction of sp³-hybridized carbons (Fsp3) is 0. The maximum Gasteiger partial charge on any atom is 0.258 e. The molecule has 5 rings (SSSR count). The van der Waals surface area contributed by atoms with Gasteiger partial charge in [-0.25, -0.2) is 4.98 Å². The van der Waals surface area contributed by atoms with Crippen molar-refractivity contribution < 1.29 is 9.59 Å². The lowest BCUT2D eigenvalue weighted by Gasteiger charge is -2.08. The van der Waals surface area contributed by atoms with Gasteiger partial charge in [-0.2, -0.15) is 0 Å². The predicted octanol–water partition coefficient (Wildman–Crippen LogP) is 7.69. The van der Waals surface area contributed by atoms with E-state index in [1.54, 1.807) is 60.7 Å². The molecule has 0 radical (unpaired) electrons. The fourth-order valence-corrected chi connectivity index (χ4v) is 4.48. The molecule has 2 amide bonds. The summed E-state index contributed by atoms with van der Waals surface area (Å²) in [5, 5.41) is 6.60. The number of fused-ring (bicyclic) bond motifs is 1. The second-order valence-corrected chi connectivity index (χ2v) is 9.10. The summed E-state index contributed by atoms with van der Waals surface area (Å²) in [5.41, 5.74) is 4.13. The van der Waals surface area contributed by atoms with Gasteiger partial charge in [-0.3, -0.25) is 9.59 Å². The van der Waals surface area contributed by atoms with E-state index in [1.807, 2.05) is 24.3 Å². The summed E-state index contributed by atoms with van der Waals surface area (Å²) in [4.78, 5) is 33.1. The molecule has 0 bridgehead atoms. The molecule has 36 heavy (non-hydrogen) atoms. The van der Waals surface area contributed by atoms with Crippen LogP contribution < -0.4 is 10.6 Å². The van der Waals surface area contributed by atoms with Crippen molar-refractivity contribution in [3.05, 3.63) is 111 Å². The normalized spacial score (nSPS) is 10.9. The van der Waals surface area contributed by atoms with Crippen molar-refractivity contribution in [3.8, 4) is 11.4 Å². The van der Waals surface area contributed by atoms with Crippen LogP contribution in [0.4, 0.5) is 11.4 Å². The molecule has 1 heterocycles. The Hall–Kier alpha value is -3.84. The quantitative estimate of drug-likeness (QED) is 0.215. The molecule has 4 aromatic carbocycles. The molecule has 178 valence electrons. The maximum atomic E-state index is 12.6. The molecule has 0 aliphatic carbocycles. The SMILES string of the molecule is O=C(Nc1ccc2nc(-c3ccc(NC(=O)c4c(Cl)cccc4Cl)cc3)[nH]c2c1)c1ccccc1Cl. The van der Waals surface area contributed by atoms with Gasteiger partial charge < -0.3 is 15.6 Å². The predicted molar refractivity (Wildman–Crippen MR) is 145 cm³/mol. The van der Waals surface area contributed by atoms with E-state index in [0.717, 1.165) is 16.6 Å². The summed E-state index contributed by atoms with van der Waals surface area (Å²) >= 11 is 18.4. The Morgan fingerprint density at radius 3 is 2.06 bits per heavy atom. The van der Waals surface area contributed by atoms with Crippen LogP contribution in [-0.4, -0.2) is 21.8 Å². The van der Waals surface area contributed by atoms with E-state index >= 15 is 0 Å². The molecule has 0 saturated carbocycles. The molecule has 5 aromatic rings. The molecular formula is C27H17Cl3N4O2. The third kappa shape index (κ3) is 4.93. The number of halogens is 3. The first kappa shape index (κ1) is 23.9. The number of hydrogen-bond donors (Lipinski definition) is 3. The molecule has 0 spiro atoms. The molecule has 0 fully saturated rings. The molecule has 0 saturated heterocycles. The Morgan fingerprint density at radius 1 is 0.694 bits per heavy atom. The lowest BCUT2D eigenvalue weighted by Crippen LogP contribution is -2.13. The first-order valence-corrected chi connectivity index (χ1v) is 11.9. The van der Waals surface area contributed by atoms with Crippen LogP contribution >= 0.6 is 34.8 Å². The van der Waals surface area contributed by atoms with Gasteiger partial charge in [0.2, 0.25) is 0 Å². The minimum atomic E-state index is -0.395. The standard InChI is InChI=1S/C27H17Cl3N4O2/c28-19-5-2-1-4-18(19)26(35)32-17-12-13-22-23(14-17)34-25(33-22)15-8-10-16(11-9-15)31-27(36)24-20(29)6-3-7-21(24)30/h1-14H,(H,31,36)(H,32,35)(H,33,34). The third-order valence-corrected chi connectivity index (χ3v) is 6.42. The summed E-state index contributed by atoms with van der Waals surface area (Å²) in [6.07, 6.45) is 0. The zero-order valence-electron chi connectivity index (χ0n) is 18.5. The second kappa shape index (κ2) is 10.0. The van der Waals surface area contributed by atoms with Gasteiger partial charge in [-0.05, 0) is 66.7 Å². The number of nitrogens with zero attached hydrogens (tertiary/aromatic N) is 1. The lowest BCUT2D eigenvalue weighted by atomic mass is 10.1. The Balaban J connectivity index is 1.32. The van der Waals surface area contributed by atoms with E-state index in [4.69, 9.17) is 34.8 Å².